The first-order chi connectivity index (χ1) is 34.5. The fraction of sp³-hybridized carbons (Fsp3) is 0.709. The lowest BCUT2D eigenvalue weighted by Gasteiger charge is -2.37. The van der Waals surface area contributed by atoms with Crippen LogP contribution in [0.4, 0.5) is 15.6 Å². The molecule has 5 N–H and O–H groups in total. The van der Waals surface area contributed by atoms with Crippen LogP contribution in [0, 0.1) is 17.3 Å². The average Bonchev–Trinajstić information content (AvgIpc) is 3.74. The summed E-state index contributed by atoms with van der Waals surface area (Å²) in [4.78, 5) is 58.6. The number of likely N-dealkylation sites (tertiary alicyclic amines) is 2. The Balaban J connectivity index is 0.00000105. The minimum atomic E-state index is -0.367. The number of carboxylic acid groups (broad SMARTS) is 1. The number of allylic oxidation sites excluding steroid dienone is 1. The first kappa shape index (κ1) is 67.3. The molecule has 0 spiro atoms. The molecule has 0 radical (unpaired) electrons. The van der Waals surface area contributed by atoms with Crippen molar-refractivity contribution < 1.29 is 38.5 Å². The molecule has 72 heavy (non-hydrogen) atoms. The number of aliphatic imine (C=N–C) groups is 1. The molecule has 0 aliphatic carbocycles. The summed E-state index contributed by atoms with van der Waals surface area (Å²) < 4.78 is 16.1. The van der Waals surface area contributed by atoms with E-state index in [2.05, 4.69) is 53.9 Å². The number of ether oxygens (including phenoxy) is 3. The van der Waals surface area contributed by atoms with E-state index in [1.807, 2.05) is 90.1 Å². The largest absolute Gasteiger partial charge is 0.497 e. The van der Waals surface area contributed by atoms with Crippen molar-refractivity contribution in [3.8, 4) is 5.75 Å². The lowest BCUT2D eigenvalue weighted by atomic mass is 9.86. The number of carbonyl (C=O) groups is 4. The van der Waals surface area contributed by atoms with Crippen molar-refractivity contribution >= 4 is 57.9 Å². The topological polar surface area (TPSA) is 196 Å². The molecule has 17 heteroatoms. The van der Waals surface area contributed by atoms with Gasteiger partial charge in [0.1, 0.15) is 11.5 Å². The number of aromatic nitrogens is 1. The Morgan fingerprint density at radius 2 is 1.68 bits per heavy atom. The fourth-order valence-electron chi connectivity index (χ4n) is 8.00. The second kappa shape index (κ2) is 39.7. The van der Waals surface area contributed by atoms with Crippen molar-refractivity contribution in [2.24, 2.45) is 22.2 Å². The van der Waals surface area contributed by atoms with E-state index in [-0.39, 0.29) is 42.3 Å². The van der Waals surface area contributed by atoms with Gasteiger partial charge in [0.2, 0.25) is 11.8 Å². The van der Waals surface area contributed by atoms with Gasteiger partial charge in [0.15, 0.2) is 5.13 Å². The van der Waals surface area contributed by atoms with Gasteiger partial charge in [0, 0.05) is 69.2 Å². The molecule has 1 aromatic carbocycles. The van der Waals surface area contributed by atoms with Gasteiger partial charge in [-0.3, -0.25) is 14.4 Å². The number of urea groups is 1. The van der Waals surface area contributed by atoms with Crippen LogP contribution in [0.2, 0.25) is 0 Å². The van der Waals surface area contributed by atoms with Gasteiger partial charge in [0.25, 0.3) is 6.47 Å². The Morgan fingerprint density at radius 1 is 0.986 bits per heavy atom. The summed E-state index contributed by atoms with van der Waals surface area (Å²) >= 11 is 1.59. The van der Waals surface area contributed by atoms with Crippen LogP contribution >= 0.6 is 11.3 Å². The van der Waals surface area contributed by atoms with Crippen LogP contribution in [0.1, 0.15) is 164 Å². The van der Waals surface area contributed by atoms with E-state index in [1.165, 1.54) is 45.1 Å². The first-order valence-corrected chi connectivity index (χ1v) is 27.5. The number of unbranched alkanes of at least 4 members (excludes halogenated alkanes) is 4. The third kappa shape index (κ3) is 27.4. The minimum Gasteiger partial charge on any atom is -0.497 e. The third-order valence-electron chi connectivity index (χ3n) is 11.8. The highest BCUT2D eigenvalue weighted by Crippen LogP contribution is 2.35. The van der Waals surface area contributed by atoms with E-state index in [0.29, 0.717) is 44.5 Å². The van der Waals surface area contributed by atoms with E-state index in [1.54, 1.807) is 37.6 Å². The number of benzene rings is 1. The van der Waals surface area contributed by atoms with Crippen LogP contribution < -0.4 is 26.0 Å². The molecule has 3 aliphatic rings. The lowest BCUT2D eigenvalue weighted by Crippen LogP contribution is -2.56. The number of hydrogen-bond acceptors (Lipinski definition) is 12. The second-order valence-corrected chi connectivity index (χ2v) is 19.9. The van der Waals surface area contributed by atoms with Gasteiger partial charge >= 0.3 is 6.03 Å². The number of thiazole rings is 1. The Morgan fingerprint density at radius 3 is 2.28 bits per heavy atom. The van der Waals surface area contributed by atoms with E-state index in [4.69, 9.17) is 29.1 Å². The number of nitrogens with zero attached hydrogens (tertiary/aromatic N) is 4. The van der Waals surface area contributed by atoms with Crippen LogP contribution in [-0.2, 0) is 23.9 Å². The van der Waals surface area contributed by atoms with Crippen molar-refractivity contribution in [3.63, 3.8) is 0 Å². The van der Waals surface area contributed by atoms with Gasteiger partial charge in [-0.1, -0.05) is 94.4 Å². The molecule has 2 saturated heterocycles. The van der Waals surface area contributed by atoms with Crippen molar-refractivity contribution in [1.29, 1.82) is 0 Å². The maximum Gasteiger partial charge on any atom is 0.315 e. The summed E-state index contributed by atoms with van der Waals surface area (Å²) in [5, 5.41) is 22.1. The summed E-state index contributed by atoms with van der Waals surface area (Å²) in [6, 6.07) is 5.61. The number of anilines is 1. The molecule has 2 unspecified atom stereocenters. The van der Waals surface area contributed by atoms with E-state index < -0.39 is 0 Å². The molecule has 2 aromatic rings. The van der Waals surface area contributed by atoms with Gasteiger partial charge in [-0.25, -0.2) is 14.8 Å². The number of fused-ring (bicyclic) bond motifs is 1. The van der Waals surface area contributed by atoms with E-state index in [0.717, 1.165) is 84.0 Å². The molecule has 0 saturated carbocycles. The predicted octanol–water partition coefficient (Wildman–Crippen LogP) is 11.0. The molecule has 1 aromatic heterocycles. The Labute approximate surface area is 439 Å². The minimum absolute atomic E-state index is 0.0228. The molecule has 5 rings (SSSR count). The highest BCUT2D eigenvalue weighted by atomic mass is 32.1. The molecular formula is C55H98N8O8S. The van der Waals surface area contributed by atoms with Crippen LogP contribution in [0.5, 0.6) is 5.75 Å². The number of nitrogens with one attached hydrogen (secondary N) is 4. The van der Waals surface area contributed by atoms with Gasteiger partial charge in [0.05, 0.1) is 50.5 Å². The summed E-state index contributed by atoms with van der Waals surface area (Å²) in [6.07, 6.45) is 15.7. The zero-order valence-electron chi connectivity index (χ0n) is 47.2. The van der Waals surface area contributed by atoms with E-state index in [9.17, 15) is 14.4 Å². The van der Waals surface area contributed by atoms with Crippen molar-refractivity contribution in [2.75, 3.05) is 79.6 Å². The normalized spacial score (nSPS) is 15.8. The van der Waals surface area contributed by atoms with Crippen LogP contribution in [0.25, 0.3) is 5.76 Å². The zero-order valence-corrected chi connectivity index (χ0v) is 48.0. The predicted molar refractivity (Wildman–Crippen MR) is 299 cm³/mol. The van der Waals surface area contributed by atoms with Crippen LogP contribution in [0.15, 0.2) is 34.6 Å². The molecular weight excluding hydrogens is 933 g/mol. The highest BCUT2D eigenvalue weighted by molar-refractivity contribution is 7.13. The summed E-state index contributed by atoms with van der Waals surface area (Å²) in [5.74, 6) is 2.89. The number of methoxy groups -OCH3 is 3. The lowest BCUT2D eigenvalue weighted by molar-refractivity contribution is -0.134. The Bertz CT molecular complexity index is 1850. The molecule has 412 valence electrons. The van der Waals surface area contributed by atoms with Crippen LogP contribution in [0.3, 0.4) is 0 Å². The monoisotopic (exact) mass is 1030 g/mol. The summed E-state index contributed by atoms with van der Waals surface area (Å²) in [7, 11) is 7.04. The second-order valence-electron chi connectivity index (χ2n) is 19.1. The Kier molecular flexibility index (Phi) is 37.1. The molecule has 4 heterocycles. The summed E-state index contributed by atoms with van der Waals surface area (Å²) in [5.41, 5.74) is 3.40. The zero-order chi connectivity index (χ0) is 54.5. The van der Waals surface area contributed by atoms with Gasteiger partial charge in [-0.15, -0.1) is 11.3 Å². The maximum atomic E-state index is 12.5. The van der Waals surface area contributed by atoms with Gasteiger partial charge < -0.3 is 50.4 Å². The quantitative estimate of drug-likeness (QED) is 0.0625. The van der Waals surface area contributed by atoms with Crippen molar-refractivity contribution in [2.45, 2.75) is 165 Å². The number of amides is 4. The smallest absolute Gasteiger partial charge is 0.315 e. The molecule has 3 atom stereocenters. The number of rotatable bonds is 20. The number of piperidine rings is 2. The van der Waals surface area contributed by atoms with E-state index >= 15 is 0 Å². The number of hydrogen-bond donors (Lipinski definition) is 5. The fourth-order valence-corrected chi connectivity index (χ4v) is 8.87. The van der Waals surface area contributed by atoms with Gasteiger partial charge in [-0.2, -0.15) is 0 Å². The standard InChI is InChI=1S/C21H38N4O4.C18H21N3O2S.C11H25N.2C2H6.CH2O2/c1-21(2,3)17(14-25-10-6-5-9-18(25)26)23-20(28)22-12-19(27)24-11-7-8-16(13-24)15-29-4;1-11(2)19-18-21-16(10-24-18)14-7-8-17(23-4)13-6-5-12(22-3)9-15(13)20-14;1-4-5-6-7-8-9-11(2)10-12-3;2*1-2;2-1-3/h16-17H,5-15H2,1-4H3,(H2,22,23,28);5-6,8-11H,7H2,1-4H3,(H,19,21);11-12H,4-10H2,1-3H3;2*1-2H3;1H,(H,2,3)/t16-,17?;;;;;/m1...../s1. The third-order valence-corrected chi connectivity index (χ3v) is 12.6. The Hall–Kier alpha value is -4.74. The van der Waals surface area contributed by atoms with Crippen molar-refractivity contribution in [1.82, 2.24) is 30.7 Å². The van der Waals surface area contributed by atoms with Crippen LogP contribution in [-0.4, -0.2) is 136 Å². The van der Waals surface area contributed by atoms with Gasteiger partial charge in [-0.05, 0) is 95.0 Å². The number of carbonyl (C=O) groups excluding carboxylic acids is 3. The van der Waals surface area contributed by atoms with Crippen molar-refractivity contribution in [3.05, 3.63) is 40.9 Å². The molecule has 3 aliphatic heterocycles. The molecule has 0 bridgehead atoms. The molecule has 4 amide bonds. The highest BCUT2D eigenvalue weighted by Gasteiger charge is 2.31. The first-order valence-electron chi connectivity index (χ1n) is 26.6. The molecule has 16 nitrogen and oxygen atoms in total. The maximum absolute atomic E-state index is 12.5. The molecule has 2 fully saturated rings. The SMILES string of the molecule is CC.CC.CCCCCCCC(C)CNC.COC1=CCC(c2csc(NC(C)C)n2)=Nc2cc(OC)ccc21.COC[C@@H]1CCCN(C(=O)CNC(=O)NC(CN2CCCCC2=O)C(C)(C)C)C1.O=CO. The summed E-state index contributed by atoms with van der Waals surface area (Å²) in [6.45, 7) is 27.1. The average molecular weight is 1030 g/mol.